The van der Waals surface area contributed by atoms with E-state index < -0.39 is 5.41 Å². The number of nitro groups is 1. The lowest BCUT2D eigenvalue weighted by atomic mass is 9.72. The van der Waals surface area contributed by atoms with E-state index in [1.807, 2.05) is 12.2 Å². The Morgan fingerprint density at radius 2 is 2.27 bits per heavy atom. The van der Waals surface area contributed by atoms with Crippen LogP contribution in [0.1, 0.15) is 6.42 Å². The molecule has 0 amide bonds. The molecule has 4 heteroatoms. The van der Waals surface area contributed by atoms with Gasteiger partial charge in [-0.05, 0) is 6.42 Å². The van der Waals surface area contributed by atoms with Gasteiger partial charge in [0, 0.05) is 12.0 Å². The van der Waals surface area contributed by atoms with Crippen molar-refractivity contribution in [2.24, 2.45) is 17.3 Å². The molecule has 2 bridgehead atoms. The highest BCUT2D eigenvalue weighted by Crippen LogP contribution is 2.57. The first-order valence-electron chi connectivity index (χ1n) is 4.91. The minimum Gasteiger partial charge on any atom is -0.298 e. The molecule has 1 fully saturated rings. The van der Waals surface area contributed by atoms with Crippen LogP contribution in [0.5, 0.6) is 0 Å². The average molecular weight is 203 g/mol. The second kappa shape index (κ2) is 2.45. The van der Waals surface area contributed by atoms with Crippen LogP contribution >= 0.6 is 0 Å². The molecule has 0 aromatic heterocycles. The van der Waals surface area contributed by atoms with Crippen molar-refractivity contribution in [3.63, 3.8) is 0 Å². The van der Waals surface area contributed by atoms with E-state index in [1.165, 1.54) is 6.08 Å². The fourth-order valence-corrected chi connectivity index (χ4v) is 2.96. The molecule has 15 heavy (non-hydrogen) atoms. The zero-order valence-electron chi connectivity index (χ0n) is 7.92. The van der Waals surface area contributed by atoms with E-state index in [2.05, 4.69) is 0 Å². The molecule has 0 aromatic rings. The second-order valence-corrected chi connectivity index (χ2v) is 4.28. The first kappa shape index (κ1) is 8.59. The number of nitrogens with zero attached hydrogens (tertiary/aromatic N) is 1. The van der Waals surface area contributed by atoms with Crippen LogP contribution < -0.4 is 0 Å². The highest BCUT2D eigenvalue weighted by Gasteiger charge is 2.60. The van der Waals surface area contributed by atoms with E-state index in [0.29, 0.717) is 6.42 Å². The molecule has 3 unspecified atom stereocenters. The molecule has 3 aliphatic carbocycles. The SMILES string of the molecule is O=C1C2C=CC3(C2)C([N+](=O)[O-])=CC=CC13. The van der Waals surface area contributed by atoms with Crippen LogP contribution in [0.2, 0.25) is 0 Å². The zero-order chi connectivity index (χ0) is 10.6. The zero-order valence-corrected chi connectivity index (χ0v) is 7.92. The van der Waals surface area contributed by atoms with Crippen molar-refractivity contribution in [3.8, 4) is 0 Å². The Labute approximate surface area is 86.1 Å². The van der Waals surface area contributed by atoms with Gasteiger partial charge in [-0.1, -0.05) is 24.3 Å². The fraction of sp³-hybridized carbons (Fsp3) is 0.364. The van der Waals surface area contributed by atoms with Crippen LogP contribution in [0.4, 0.5) is 0 Å². The monoisotopic (exact) mass is 203 g/mol. The Kier molecular flexibility index (Phi) is 1.40. The number of Topliss-reactive ketones (excluding diaryl/α,β-unsaturated/α-hetero) is 1. The Morgan fingerprint density at radius 3 is 3.00 bits per heavy atom. The van der Waals surface area contributed by atoms with Gasteiger partial charge in [-0.3, -0.25) is 14.9 Å². The van der Waals surface area contributed by atoms with Crippen LogP contribution in [0.3, 0.4) is 0 Å². The number of hydrogen-bond donors (Lipinski definition) is 0. The highest BCUT2D eigenvalue weighted by atomic mass is 16.6. The van der Waals surface area contributed by atoms with E-state index in [-0.39, 0.29) is 28.2 Å². The molecule has 1 spiro atoms. The van der Waals surface area contributed by atoms with Crippen molar-refractivity contribution < 1.29 is 9.72 Å². The predicted octanol–water partition coefficient (Wildman–Crippen LogP) is 1.48. The lowest BCUT2D eigenvalue weighted by Gasteiger charge is -2.28. The lowest BCUT2D eigenvalue weighted by molar-refractivity contribution is -0.439. The number of carbonyl (C=O) groups excluding carboxylic acids is 1. The van der Waals surface area contributed by atoms with Crippen LogP contribution in [0, 0.1) is 27.4 Å². The maximum absolute atomic E-state index is 11.8. The van der Waals surface area contributed by atoms with E-state index >= 15 is 0 Å². The van der Waals surface area contributed by atoms with Crippen molar-refractivity contribution in [1.29, 1.82) is 0 Å². The van der Waals surface area contributed by atoms with E-state index in [9.17, 15) is 14.9 Å². The van der Waals surface area contributed by atoms with Crippen molar-refractivity contribution >= 4 is 5.78 Å². The first-order chi connectivity index (χ1) is 7.15. The van der Waals surface area contributed by atoms with Gasteiger partial charge in [-0.2, -0.15) is 0 Å². The summed E-state index contributed by atoms with van der Waals surface area (Å²) in [6.45, 7) is 0. The maximum atomic E-state index is 11.8. The quantitative estimate of drug-likeness (QED) is 0.368. The minimum atomic E-state index is -0.639. The Morgan fingerprint density at radius 1 is 1.47 bits per heavy atom. The number of ketones is 1. The Balaban J connectivity index is 2.18. The molecule has 0 radical (unpaired) electrons. The van der Waals surface area contributed by atoms with Crippen molar-refractivity contribution in [2.75, 3.05) is 0 Å². The van der Waals surface area contributed by atoms with Crippen molar-refractivity contribution in [1.82, 2.24) is 0 Å². The number of carbonyl (C=O) groups is 1. The average Bonchev–Trinajstić information content (AvgIpc) is 2.72. The molecule has 0 N–H and O–H groups in total. The molecular weight excluding hydrogens is 194 g/mol. The molecule has 4 nitrogen and oxygen atoms in total. The smallest absolute Gasteiger partial charge is 0.257 e. The summed E-state index contributed by atoms with van der Waals surface area (Å²) in [7, 11) is 0. The standard InChI is InChI=1S/C11H9NO3/c13-10-7-4-5-11(6-7)8(10)2-1-3-9(11)12(14)15/h1-5,7-8H,6H2. The number of allylic oxidation sites excluding steroid dienone is 5. The van der Waals surface area contributed by atoms with E-state index in [4.69, 9.17) is 0 Å². The molecule has 1 saturated carbocycles. The minimum absolute atomic E-state index is 0.110. The lowest BCUT2D eigenvalue weighted by Crippen LogP contribution is -2.33. The molecule has 0 heterocycles. The van der Waals surface area contributed by atoms with Crippen LogP contribution in [0.15, 0.2) is 36.1 Å². The second-order valence-electron chi connectivity index (χ2n) is 4.28. The van der Waals surface area contributed by atoms with Gasteiger partial charge in [0.1, 0.15) is 5.78 Å². The summed E-state index contributed by atoms with van der Waals surface area (Å²) in [5, 5.41) is 10.9. The normalized spacial score (nSPS) is 40.5. The molecule has 0 saturated heterocycles. The number of hydrogen-bond acceptors (Lipinski definition) is 3. The summed E-state index contributed by atoms with van der Waals surface area (Å²) < 4.78 is 0. The van der Waals surface area contributed by atoms with Gasteiger partial charge < -0.3 is 0 Å². The summed E-state index contributed by atoms with van der Waals surface area (Å²) in [5.41, 5.74) is -0.473. The van der Waals surface area contributed by atoms with Crippen LogP contribution in [-0.2, 0) is 4.79 Å². The first-order valence-corrected chi connectivity index (χ1v) is 4.91. The van der Waals surface area contributed by atoms with Crippen molar-refractivity contribution in [3.05, 3.63) is 46.2 Å². The van der Waals surface area contributed by atoms with Gasteiger partial charge in [0.25, 0.3) is 5.70 Å². The number of fused-ring (bicyclic) bond motifs is 1. The molecule has 3 rings (SSSR count). The summed E-state index contributed by atoms with van der Waals surface area (Å²) >= 11 is 0. The third-order valence-electron chi connectivity index (χ3n) is 3.64. The highest BCUT2D eigenvalue weighted by molar-refractivity contribution is 5.93. The molecular formula is C11H9NO3. The third-order valence-corrected chi connectivity index (χ3v) is 3.64. The van der Waals surface area contributed by atoms with E-state index in [1.54, 1.807) is 12.2 Å². The summed E-state index contributed by atoms with van der Waals surface area (Å²) in [5.74, 6) is -0.291. The topological polar surface area (TPSA) is 60.2 Å². The fourth-order valence-electron chi connectivity index (χ4n) is 2.96. The maximum Gasteiger partial charge on any atom is 0.257 e. The third kappa shape index (κ3) is 0.843. The molecule has 3 atom stereocenters. The molecule has 0 aliphatic heterocycles. The van der Waals surface area contributed by atoms with Crippen LogP contribution in [-0.4, -0.2) is 10.7 Å². The van der Waals surface area contributed by atoms with Gasteiger partial charge in [-0.15, -0.1) is 0 Å². The predicted molar refractivity (Wildman–Crippen MR) is 52.4 cm³/mol. The van der Waals surface area contributed by atoms with Gasteiger partial charge in [0.2, 0.25) is 0 Å². The van der Waals surface area contributed by atoms with Gasteiger partial charge in [0.05, 0.1) is 16.3 Å². The Hall–Kier alpha value is -1.71. The largest absolute Gasteiger partial charge is 0.298 e. The summed E-state index contributed by atoms with van der Waals surface area (Å²) in [6, 6.07) is 0. The van der Waals surface area contributed by atoms with Gasteiger partial charge in [0.15, 0.2) is 0 Å². The van der Waals surface area contributed by atoms with Gasteiger partial charge in [-0.25, -0.2) is 0 Å². The molecule has 76 valence electrons. The summed E-state index contributed by atoms with van der Waals surface area (Å²) in [6.07, 6.45) is 9.17. The van der Waals surface area contributed by atoms with Gasteiger partial charge >= 0.3 is 0 Å². The van der Waals surface area contributed by atoms with E-state index in [0.717, 1.165) is 0 Å². The molecule has 0 aromatic carbocycles. The number of rotatable bonds is 1. The Bertz CT molecular complexity index is 460. The summed E-state index contributed by atoms with van der Waals surface area (Å²) in [4.78, 5) is 22.4. The van der Waals surface area contributed by atoms with Crippen molar-refractivity contribution in [2.45, 2.75) is 6.42 Å². The molecule has 3 aliphatic rings. The van der Waals surface area contributed by atoms with Crippen LogP contribution in [0.25, 0.3) is 0 Å².